The molecule has 0 bridgehead atoms. The normalized spacial score (nSPS) is 17.0. The average Bonchev–Trinajstić information content (AvgIpc) is 3.10. The fourth-order valence-corrected chi connectivity index (χ4v) is 3.53. The summed E-state index contributed by atoms with van der Waals surface area (Å²) < 4.78 is 5.26. The van der Waals surface area contributed by atoms with Crippen LogP contribution in [0.25, 0.3) is 0 Å². The van der Waals surface area contributed by atoms with Gasteiger partial charge in [0.15, 0.2) is 11.9 Å². The molecule has 1 aromatic heterocycles. The van der Waals surface area contributed by atoms with E-state index in [1.165, 1.54) is 19.2 Å². The number of pyridine rings is 1. The number of nitrogens with one attached hydrogen (secondary N) is 1. The third-order valence-corrected chi connectivity index (χ3v) is 5.27. The summed E-state index contributed by atoms with van der Waals surface area (Å²) in [7, 11) is 0. The first kappa shape index (κ1) is 22.1. The van der Waals surface area contributed by atoms with Gasteiger partial charge in [0, 0.05) is 25.7 Å². The first-order valence-corrected chi connectivity index (χ1v) is 10.2. The van der Waals surface area contributed by atoms with E-state index in [0.29, 0.717) is 18.0 Å². The van der Waals surface area contributed by atoms with Crippen molar-refractivity contribution in [3.63, 3.8) is 0 Å². The van der Waals surface area contributed by atoms with Crippen molar-refractivity contribution in [2.75, 3.05) is 18.4 Å². The lowest BCUT2D eigenvalue weighted by Crippen LogP contribution is -2.34. The molecule has 0 aliphatic carbocycles. The maximum absolute atomic E-state index is 12.4. The Bertz CT molecular complexity index is 939. The Morgan fingerprint density at radius 2 is 2.03 bits per heavy atom. The molecule has 2 amide bonds. The molecule has 2 aromatic rings. The summed E-state index contributed by atoms with van der Waals surface area (Å²) in [5.74, 6) is -1.73. The molecular weight excluding hydrogens is 429 g/mol. The Morgan fingerprint density at radius 3 is 2.73 bits per heavy atom. The molecule has 158 valence electrons. The van der Waals surface area contributed by atoms with E-state index in [2.05, 4.69) is 10.3 Å². The lowest BCUT2D eigenvalue weighted by Gasteiger charge is -2.18. The standard InChI is InChI=1S/C21H21Cl2N3O4/c1-13(20(28)25-19-17(23)10-16(22)11-24-19)30-21(29)15-9-18(27)26(12-15)8-7-14-5-3-2-4-6-14/h2-6,10-11,13,15H,7-9,12H2,1H3,(H,24,25,28)/t13-,15+/m1/s1. The van der Waals surface area contributed by atoms with Crippen molar-refractivity contribution in [2.45, 2.75) is 25.9 Å². The molecule has 0 spiro atoms. The number of esters is 1. The van der Waals surface area contributed by atoms with Crippen LogP contribution < -0.4 is 5.32 Å². The minimum atomic E-state index is -1.07. The number of anilines is 1. The lowest BCUT2D eigenvalue weighted by atomic mass is 10.1. The highest BCUT2D eigenvalue weighted by atomic mass is 35.5. The fourth-order valence-electron chi connectivity index (χ4n) is 3.10. The minimum absolute atomic E-state index is 0.0759. The Kier molecular flexibility index (Phi) is 7.29. The Morgan fingerprint density at radius 1 is 1.30 bits per heavy atom. The van der Waals surface area contributed by atoms with Gasteiger partial charge in [-0.3, -0.25) is 14.4 Å². The fraction of sp³-hybridized carbons (Fsp3) is 0.333. The van der Waals surface area contributed by atoms with Crippen LogP contribution in [0.3, 0.4) is 0 Å². The zero-order chi connectivity index (χ0) is 21.7. The van der Waals surface area contributed by atoms with Crippen molar-refractivity contribution in [2.24, 2.45) is 5.92 Å². The van der Waals surface area contributed by atoms with Crippen molar-refractivity contribution in [3.05, 3.63) is 58.2 Å². The summed E-state index contributed by atoms with van der Waals surface area (Å²) in [5, 5.41) is 3.00. The van der Waals surface area contributed by atoms with Gasteiger partial charge < -0.3 is 15.0 Å². The predicted molar refractivity (Wildman–Crippen MR) is 113 cm³/mol. The molecule has 2 heterocycles. The van der Waals surface area contributed by atoms with Crippen LogP contribution in [0.1, 0.15) is 18.9 Å². The Hall–Kier alpha value is -2.64. The van der Waals surface area contributed by atoms with Crippen molar-refractivity contribution < 1.29 is 19.1 Å². The molecule has 1 aliphatic heterocycles. The number of carbonyl (C=O) groups excluding carboxylic acids is 3. The van der Waals surface area contributed by atoms with Gasteiger partial charge >= 0.3 is 5.97 Å². The van der Waals surface area contributed by atoms with Crippen molar-refractivity contribution >= 4 is 46.8 Å². The van der Waals surface area contributed by atoms with E-state index in [1.807, 2.05) is 30.3 Å². The number of amides is 2. The number of rotatable bonds is 7. The number of aromatic nitrogens is 1. The summed E-state index contributed by atoms with van der Waals surface area (Å²) in [6, 6.07) is 11.3. The summed E-state index contributed by atoms with van der Waals surface area (Å²) in [4.78, 5) is 42.6. The monoisotopic (exact) mass is 449 g/mol. The first-order valence-electron chi connectivity index (χ1n) is 9.47. The Balaban J connectivity index is 1.50. The van der Waals surface area contributed by atoms with E-state index in [9.17, 15) is 14.4 Å². The van der Waals surface area contributed by atoms with Crippen LogP contribution in [0.4, 0.5) is 5.82 Å². The van der Waals surface area contributed by atoms with Crippen LogP contribution in [0.15, 0.2) is 42.6 Å². The molecule has 1 N–H and O–H groups in total. The van der Waals surface area contributed by atoms with Crippen LogP contribution in [0, 0.1) is 5.92 Å². The molecule has 9 heteroatoms. The predicted octanol–water partition coefficient (Wildman–Crippen LogP) is 3.35. The van der Waals surface area contributed by atoms with Gasteiger partial charge in [-0.2, -0.15) is 0 Å². The van der Waals surface area contributed by atoms with Gasteiger partial charge in [-0.25, -0.2) is 4.98 Å². The van der Waals surface area contributed by atoms with Gasteiger partial charge in [-0.05, 0) is 25.0 Å². The average molecular weight is 450 g/mol. The van der Waals surface area contributed by atoms with Gasteiger partial charge in [0.05, 0.1) is 16.0 Å². The SMILES string of the molecule is C[C@@H](OC(=O)[C@H]1CC(=O)N(CCc2ccccc2)C1)C(=O)Nc1ncc(Cl)cc1Cl. The number of nitrogens with zero attached hydrogens (tertiary/aromatic N) is 2. The van der Waals surface area contributed by atoms with Crippen LogP contribution >= 0.6 is 23.2 Å². The summed E-state index contributed by atoms with van der Waals surface area (Å²) in [6.45, 7) is 2.26. The van der Waals surface area contributed by atoms with E-state index in [-0.39, 0.29) is 29.7 Å². The van der Waals surface area contributed by atoms with Crippen molar-refractivity contribution in [1.82, 2.24) is 9.88 Å². The first-order chi connectivity index (χ1) is 14.3. The number of likely N-dealkylation sites (tertiary alicyclic amines) is 1. The van der Waals surface area contributed by atoms with E-state index < -0.39 is 23.9 Å². The van der Waals surface area contributed by atoms with Gasteiger partial charge in [0.25, 0.3) is 5.91 Å². The number of hydrogen-bond acceptors (Lipinski definition) is 5. The zero-order valence-electron chi connectivity index (χ0n) is 16.3. The van der Waals surface area contributed by atoms with E-state index in [4.69, 9.17) is 27.9 Å². The van der Waals surface area contributed by atoms with Crippen LogP contribution in [0.2, 0.25) is 10.0 Å². The maximum atomic E-state index is 12.4. The summed E-state index contributed by atoms with van der Waals surface area (Å²) in [5.41, 5.74) is 1.12. The molecule has 0 radical (unpaired) electrons. The van der Waals surface area contributed by atoms with Gasteiger partial charge in [0.2, 0.25) is 5.91 Å². The van der Waals surface area contributed by atoms with Crippen molar-refractivity contribution in [1.29, 1.82) is 0 Å². The van der Waals surface area contributed by atoms with Crippen LogP contribution in [0.5, 0.6) is 0 Å². The van der Waals surface area contributed by atoms with Crippen molar-refractivity contribution in [3.8, 4) is 0 Å². The van der Waals surface area contributed by atoms with Gasteiger partial charge in [-0.15, -0.1) is 0 Å². The molecule has 3 rings (SSSR count). The number of benzene rings is 1. The highest BCUT2D eigenvalue weighted by Crippen LogP contribution is 2.23. The zero-order valence-corrected chi connectivity index (χ0v) is 17.8. The molecule has 0 unspecified atom stereocenters. The molecule has 30 heavy (non-hydrogen) atoms. The molecule has 1 fully saturated rings. The minimum Gasteiger partial charge on any atom is -0.452 e. The second-order valence-electron chi connectivity index (χ2n) is 7.03. The number of halogens is 2. The van der Waals surface area contributed by atoms with Gasteiger partial charge in [-0.1, -0.05) is 53.5 Å². The van der Waals surface area contributed by atoms with E-state index in [0.717, 1.165) is 5.56 Å². The van der Waals surface area contributed by atoms with Crippen LogP contribution in [-0.2, 0) is 25.5 Å². The van der Waals surface area contributed by atoms with Gasteiger partial charge in [0.1, 0.15) is 0 Å². The van der Waals surface area contributed by atoms with Crippen LogP contribution in [-0.4, -0.2) is 46.9 Å². The number of ether oxygens (including phenoxy) is 1. The van der Waals surface area contributed by atoms with E-state index >= 15 is 0 Å². The smallest absolute Gasteiger partial charge is 0.312 e. The molecule has 2 atom stereocenters. The molecule has 1 saturated heterocycles. The second-order valence-corrected chi connectivity index (χ2v) is 7.87. The third-order valence-electron chi connectivity index (χ3n) is 4.77. The summed E-state index contributed by atoms with van der Waals surface area (Å²) >= 11 is 11.8. The summed E-state index contributed by atoms with van der Waals surface area (Å²) in [6.07, 6.45) is 1.06. The third kappa shape index (κ3) is 5.70. The highest BCUT2D eigenvalue weighted by Gasteiger charge is 2.36. The second kappa shape index (κ2) is 9.91. The maximum Gasteiger partial charge on any atom is 0.312 e. The number of carbonyl (C=O) groups is 3. The lowest BCUT2D eigenvalue weighted by molar-refractivity contribution is -0.157. The highest BCUT2D eigenvalue weighted by molar-refractivity contribution is 6.36. The quantitative estimate of drug-likeness (QED) is 0.654. The molecular formula is C21H21Cl2N3O4. The molecule has 0 saturated carbocycles. The molecule has 7 nitrogen and oxygen atoms in total. The van der Waals surface area contributed by atoms with E-state index in [1.54, 1.807) is 4.90 Å². The number of hydrogen-bond donors (Lipinski definition) is 1. The largest absolute Gasteiger partial charge is 0.452 e. The Labute approximate surface area is 184 Å². The molecule has 1 aliphatic rings. The molecule has 1 aromatic carbocycles. The topological polar surface area (TPSA) is 88.6 Å².